The number of nitrogens with zero attached hydrogens (tertiary/aromatic N) is 1. The van der Waals surface area contributed by atoms with Crippen LogP contribution in [0.5, 0.6) is 0 Å². The second-order valence-electron chi connectivity index (χ2n) is 3.68. The molecule has 1 aromatic heterocycles. The smallest absolute Gasteiger partial charge is 0.137 e. The molecule has 0 amide bonds. The van der Waals surface area contributed by atoms with Crippen LogP contribution in [0.1, 0.15) is 17.4 Å². The number of aliphatic hydroxyl groups is 1. The van der Waals surface area contributed by atoms with Crippen molar-refractivity contribution in [2.24, 2.45) is 0 Å². The van der Waals surface area contributed by atoms with Crippen molar-refractivity contribution in [3.63, 3.8) is 0 Å². The van der Waals surface area contributed by atoms with Crippen LogP contribution in [0.2, 0.25) is 0 Å². The van der Waals surface area contributed by atoms with Crippen molar-refractivity contribution in [2.45, 2.75) is 12.5 Å². The van der Waals surface area contributed by atoms with Crippen LogP contribution >= 0.6 is 15.9 Å². The quantitative estimate of drug-likeness (QED) is 0.943. The van der Waals surface area contributed by atoms with E-state index in [0.717, 1.165) is 5.69 Å². The van der Waals surface area contributed by atoms with Gasteiger partial charge in [-0.2, -0.15) is 0 Å². The molecule has 0 bridgehead atoms. The number of pyridine rings is 1. The molecule has 0 radical (unpaired) electrons. The molecule has 17 heavy (non-hydrogen) atoms. The van der Waals surface area contributed by atoms with Gasteiger partial charge in [0.1, 0.15) is 5.82 Å². The van der Waals surface area contributed by atoms with E-state index in [4.69, 9.17) is 0 Å². The van der Waals surface area contributed by atoms with Crippen molar-refractivity contribution in [3.05, 3.63) is 64.1 Å². The Morgan fingerprint density at radius 2 is 2.06 bits per heavy atom. The lowest BCUT2D eigenvalue weighted by Gasteiger charge is -2.12. The third-order valence-electron chi connectivity index (χ3n) is 2.47. The van der Waals surface area contributed by atoms with E-state index in [0.29, 0.717) is 16.5 Å². The van der Waals surface area contributed by atoms with Gasteiger partial charge < -0.3 is 5.11 Å². The lowest BCUT2D eigenvalue weighted by atomic mass is 10.0. The van der Waals surface area contributed by atoms with Gasteiger partial charge in [0.25, 0.3) is 0 Å². The Morgan fingerprint density at radius 3 is 2.76 bits per heavy atom. The molecule has 2 nitrogen and oxygen atoms in total. The van der Waals surface area contributed by atoms with Crippen molar-refractivity contribution < 1.29 is 9.50 Å². The van der Waals surface area contributed by atoms with Gasteiger partial charge in [-0.05, 0) is 39.7 Å². The van der Waals surface area contributed by atoms with Crippen LogP contribution < -0.4 is 0 Å². The van der Waals surface area contributed by atoms with Gasteiger partial charge in [0.2, 0.25) is 0 Å². The zero-order valence-corrected chi connectivity index (χ0v) is 10.6. The van der Waals surface area contributed by atoms with E-state index in [1.54, 1.807) is 18.3 Å². The third-order valence-corrected chi connectivity index (χ3v) is 3.31. The molecule has 1 N–H and O–H groups in total. The van der Waals surface area contributed by atoms with Crippen LogP contribution in [-0.4, -0.2) is 10.1 Å². The first-order valence-corrected chi connectivity index (χ1v) is 5.99. The van der Waals surface area contributed by atoms with Crippen molar-refractivity contribution in [3.8, 4) is 0 Å². The maximum Gasteiger partial charge on any atom is 0.137 e. The molecule has 0 aliphatic carbocycles. The van der Waals surface area contributed by atoms with Crippen LogP contribution in [0.25, 0.3) is 0 Å². The standard InChI is InChI=1S/C13H11BrFNO/c14-13-10(5-3-6-11(13)15)12(17)8-9-4-1-2-7-16-9/h1-7,12,17H,8H2. The van der Waals surface area contributed by atoms with Gasteiger partial charge in [0.15, 0.2) is 0 Å². The van der Waals surface area contributed by atoms with Crippen LogP contribution in [0, 0.1) is 5.82 Å². The molecule has 0 fully saturated rings. The second-order valence-corrected chi connectivity index (χ2v) is 4.48. The fourth-order valence-corrected chi connectivity index (χ4v) is 2.13. The summed E-state index contributed by atoms with van der Waals surface area (Å²) < 4.78 is 13.6. The fourth-order valence-electron chi connectivity index (χ4n) is 1.60. The predicted octanol–water partition coefficient (Wildman–Crippen LogP) is 3.26. The molecule has 4 heteroatoms. The van der Waals surface area contributed by atoms with Crippen LogP contribution in [0.15, 0.2) is 47.1 Å². The van der Waals surface area contributed by atoms with Gasteiger partial charge >= 0.3 is 0 Å². The number of hydrogen-bond acceptors (Lipinski definition) is 2. The first kappa shape index (κ1) is 12.2. The van der Waals surface area contributed by atoms with E-state index in [-0.39, 0.29) is 5.82 Å². The van der Waals surface area contributed by atoms with Crippen molar-refractivity contribution >= 4 is 15.9 Å². The summed E-state index contributed by atoms with van der Waals surface area (Å²) in [6, 6.07) is 10.1. The minimum Gasteiger partial charge on any atom is -0.388 e. The zero-order valence-electron chi connectivity index (χ0n) is 8.98. The summed E-state index contributed by atoms with van der Waals surface area (Å²) in [5, 5.41) is 10.0. The van der Waals surface area contributed by atoms with Gasteiger partial charge in [-0.25, -0.2) is 4.39 Å². The first-order chi connectivity index (χ1) is 8.18. The lowest BCUT2D eigenvalue weighted by Crippen LogP contribution is -2.04. The summed E-state index contributed by atoms with van der Waals surface area (Å²) in [5.41, 5.74) is 1.31. The highest BCUT2D eigenvalue weighted by molar-refractivity contribution is 9.10. The van der Waals surface area contributed by atoms with E-state index in [1.165, 1.54) is 6.07 Å². The number of benzene rings is 1. The summed E-state index contributed by atoms with van der Waals surface area (Å²) >= 11 is 3.14. The zero-order chi connectivity index (χ0) is 12.3. The Bertz CT molecular complexity index is 504. The minimum absolute atomic E-state index is 0.309. The average Bonchev–Trinajstić information content (AvgIpc) is 2.34. The third kappa shape index (κ3) is 2.90. The van der Waals surface area contributed by atoms with Gasteiger partial charge in [-0.15, -0.1) is 0 Å². The molecular formula is C13H11BrFNO. The number of rotatable bonds is 3. The Kier molecular flexibility index (Phi) is 3.86. The summed E-state index contributed by atoms with van der Waals surface area (Å²) in [7, 11) is 0. The predicted molar refractivity (Wildman–Crippen MR) is 67.0 cm³/mol. The molecule has 1 unspecified atom stereocenters. The fraction of sp³-hybridized carbons (Fsp3) is 0.154. The molecular weight excluding hydrogens is 285 g/mol. The van der Waals surface area contributed by atoms with E-state index >= 15 is 0 Å². The first-order valence-electron chi connectivity index (χ1n) is 5.20. The van der Waals surface area contributed by atoms with Crippen molar-refractivity contribution in [1.29, 1.82) is 0 Å². The molecule has 2 aromatic rings. The molecule has 1 heterocycles. The number of hydrogen-bond donors (Lipinski definition) is 1. The van der Waals surface area contributed by atoms with Gasteiger partial charge in [-0.1, -0.05) is 18.2 Å². The van der Waals surface area contributed by atoms with Gasteiger partial charge in [0, 0.05) is 18.3 Å². The van der Waals surface area contributed by atoms with Crippen LogP contribution in [0.3, 0.4) is 0 Å². The molecule has 0 spiro atoms. The normalized spacial score (nSPS) is 12.4. The minimum atomic E-state index is -0.769. The van der Waals surface area contributed by atoms with E-state index < -0.39 is 6.10 Å². The summed E-state index contributed by atoms with van der Waals surface area (Å²) in [5.74, 6) is -0.373. The molecule has 0 saturated carbocycles. The Morgan fingerprint density at radius 1 is 1.24 bits per heavy atom. The monoisotopic (exact) mass is 295 g/mol. The van der Waals surface area contributed by atoms with Crippen molar-refractivity contribution in [1.82, 2.24) is 4.98 Å². The SMILES string of the molecule is OC(Cc1ccccn1)c1cccc(F)c1Br. The summed E-state index contributed by atoms with van der Waals surface area (Å²) in [4.78, 5) is 4.13. The summed E-state index contributed by atoms with van der Waals surface area (Å²) in [6.45, 7) is 0. The Labute approximate surface area is 107 Å². The Hall–Kier alpha value is -1.26. The molecule has 88 valence electrons. The van der Waals surface area contributed by atoms with Gasteiger partial charge in [-0.3, -0.25) is 4.98 Å². The Balaban J connectivity index is 2.20. The van der Waals surface area contributed by atoms with Crippen LogP contribution in [0.4, 0.5) is 4.39 Å². The average molecular weight is 296 g/mol. The lowest BCUT2D eigenvalue weighted by molar-refractivity contribution is 0.176. The molecule has 1 aromatic carbocycles. The largest absolute Gasteiger partial charge is 0.388 e. The number of aliphatic hydroxyl groups excluding tert-OH is 1. The molecule has 1 atom stereocenters. The van der Waals surface area contributed by atoms with Crippen LogP contribution in [-0.2, 0) is 6.42 Å². The van der Waals surface area contributed by atoms with E-state index in [2.05, 4.69) is 20.9 Å². The van der Waals surface area contributed by atoms with E-state index in [9.17, 15) is 9.50 Å². The van der Waals surface area contributed by atoms with E-state index in [1.807, 2.05) is 18.2 Å². The molecule has 2 rings (SSSR count). The maximum absolute atomic E-state index is 13.3. The molecule has 0 aliphatic heterocycles. The molecule has 0 saturated heterocycles. The summed E-state index contributed by atoms with van der Waals surface area (Å²) in [6.07, 6.45) is 1.26. The highest BCUT2D eigenvalue weighted by Gasteiger charge is 2.14. The maximum atomic E-state index is 13.3. The van der Waals surface area contributed by atoms with Gasteiger partial charge in [0.05, 0.1) is 10.6 Å². The molecule has 0 aliphatic rings. The topological polar surface area (TPSA) is 33.1 Å². The highest BCUT2D eigenvalue weighted by Crippen LogP contribution is 2.27. The number of aromatic nitrogens is 1. The number of halogens is 2. The highest BCUT2D eigenvalue weighted by atomic mass is 79.9. The second kappa shape index (κ2) is 5.38. The van der Waals surface area contributed by atoms with Crippen molar-refractivity contribution in [2.75, 3.05) is 0 Å².